The summed E-state index contributed by atoms with van der Waals surface area (Å²) in [4.78, 5) is 14.9. The van der Waals surface area contributed by atoms with Crippen molar-refractivity contribution in [3.8, 4) is 0 Å². The summed E-state index contributed by atoms with van der Waals surface area (Å²) >= 11 is 7.40. The topological polar surface area (TPSA) is 52.6 Å². The van der Waals surface area contributed by atoms with Gasteiger partial charge < -0.3 is 15.3 Å². The Kier molecular flexibility index (Phi) is 5.48. The molecule has 1 atom stereocenters. The molecule has 0 aliphatic carbocycles. The van der Waals surface area contributed by atoms with Gasteiger partial charge in [0.2, 0.25) is 0 Å². The van der Waals surface area contributed by atoms with E-state index in [2.05, 4.69) is 5.32 Å². The van der Waals surface area contributed by atoms with Gasteiger partial charge in [-0.15, -0.1) is 11.3 Å². The quantitative estimate of drug-likeness (QED) is 0.897. The minimum atomic E-state index is -0.0270. The van der Waals surface area contributed by atoms with Gasteiger partial charge in [0, 0.05) is 31.1 Å². The molecule has 2 N–H and O–H groups in total. The monoisotopic (exact) mass is 302 g/mol. The summed E-state index contributed by atoms with van der Waals surface area (Å²) in [6, 6.07) is 3.84. The van der Waals surface area contributed by atoms with Crippen LogP contribution >= 0.6 is 22.9 Å². The van der Waals surface area contributed by atoms with E-state index in [1.54, 1.807) is 16.2 Å². The number of hydrogen-bond donors (Lipinski definition) is 2. The molecular weight excluding hydrogens is 284 g/mol. The number of hydrogen-bond acceptors (Lipinski definition) is 3. The van der Waals surface area contributed by atoms with Crippen molar-refractivity contribution in [2.24, 2.45) is 5.92 Å². The third kappa shape index (κ3) is 4.37. The molecule has 1 fully saturated rings. The number of urea groups is 1. The lowest BCUT2D eigenvalue weighted by Crippen LogP contribution is -2.46. The summed E-state index contributed by atoms with van der Waals surface area (Å²) < 4.78 is 0.781. The maximum Gasteiger partial charge on any atom is 0.317 e. The van der Waals surface area contributed by atoms with E-state index in [1.165, 1.54) is 4.88 Å². The van der Waals surface area contributed by atoms with Crippen molar-refractivity contribution in [2.75, 3.05) is 26.2 Å². The maximum atomic E-state index is 12.0. The smallest absolute Gasteiger partial charge is 0.317 e. The second-order valence-corrected chi connectivity index (χ2v) is 6.62. The van der Waals surface area contributed by atoms with Gasteiger partial charge >= 0.3 is 6.03 Å². The van der Waals surface area contributed by atoms with E-state index >= 15 is 0 Å². The van der Waals surface area contributed by atoms with Gasteiger partial charge in [0.25, 0.3) is 0 Å². The van der Waals surface area contributed by atoms with Gasteiger partial charge in [0.05, 0.1) is 4.34 Å². The Morgan fingerprint density at radius 1 is 1.58 bits per heavy atom. The Morgan fingerprint density at radius 2 is 2.42 bits per heavy atom. The first kappa shape index (κ1) is 14.6. The Balaban J connectivity index is 1.72. The predicted molar refractivity (Wildman–Crippen MR) is 77.8 cm³/mol. The number of rotatable bonds is 4. The second-order valence-electron chi connectivity index (χ2n) is 4.82. The van der Waals surface area contributed by atoms with Crippen molar-refractivity contribution in [3.05, 3.63) is 21.3 Å². The van der Waals surface area contributed by atoms with Gasteiger partial charge in [0.1, 0.15) is 0 Å². The first-order chi connectivity index (χ1) is 9.19. The molecule has 2 rings (SSSR count). The fourth-order valence-electron chi connectivity index (χ4n) is 2.29. The largest absolute Gasteiger partial charge is 0.396 e. The molecule has 1 aromatic rings. The van der Waals surface area contributed by atoms with E-state index in [0.717, 1.165) is 30.1 Å². The Hall–Kier alpha value is -0.780. The molecule has 6 heteroatoms. The van der Waals surface area contributed by atoms with Gasteiger partial charge in [-0.3, -0.25) is 0 Å². The van der Waals surface area contributed by atoms with Crippen LogP contribution in [0.1, 0.15) is 17.7 Å². The second kappa shape index (κ2) is 7.12. The molecule has 2 amide bonds. The van der Waals surface area contributed by atoms with Crippen LogP contribution in [0.4, 0.5) is 4.79 Å². The average Bonchev–Trinajstić information content (AvgIpc) is 2.84. The van der Waals surface area contributed by atoms with Crippen molar-refractivity contribution < 1.29 is 9.90 Å². The highest BCUT2D eigenvalue weighted by molar-refractivity contribution is 7.16. The predicted octanol–water partition coefficient (Wildman–Crippen LogP) is 2.36. The van der Waals surface area contributed by atoms with Crippen molar-refractivity contribution in [3.63, 3.8) is 0 Å². The Morgan fingerprint density at radius 3 is 3.11 bits per heavy atom. The number of nitrogens with one attached hydrogen (secondary N) is 1. The summed E-state index contributed by atoms with van der Waals surface area (Å²) in [5.74, 6) is 0.232. The number of thiophene rings is 1. The lowest BCUT2D eigenvalue weighted by molar-refractivity contribution is 0.130. The molecule has 1 saturated heterocycles. The van der Waals surface area contributed by atoms with E-state index in [0.29, 0.717) is 13.1 Å². The Labute approximate surface area is 122 Å². The molecule has 1 aromatic heterocycles. The number of amides is 2. The molecule has 0 spiro atoms. The summed E-state index contributed by atoms with van der Waals surface area (Å²) in [5, 5.41) is 12.1. The molecule has 1 aliphatic rings. The minimum Gasteiger partial charge on any atom is -0.396 e. The lowest BCUT2D eigenvalue weighted by Gasteiger charge is -2.31. The third-order valence-electron chi connectivity index (χ3n) is 3.34. The SMILES string of the molecule is O=C(NCCc1ccc(Cl)s1)N1CCCC(CO)C1. The van der Waals surface area contributed by atoms with Crippen molar-refractivity contribution in [1.82, 2.24) is 10.2 Å². The highest BCUT2D eigenvalue weighted by Crippen LogP contribution is 2.21. The fraction of sp³-hybridized carbons (Fsp3) is 0.615. The van der Waals surface area contributed by atoms with Crippen LogP contribution in [0.3, 0.4) is 0 Å². The number of halogens is 1. The summed E-state index contributed by atoms with van der Waals surface area (Å²) in [6.07, 6.45) is 2.79. The zero-order valence-electron chi connectivity index (χ0n) is 10.8. The van der Waals surface area contributed by atoms with Crippen molar-refractivity contribution >= 4 is 29.0 Å². The zero-order valence-corrected chi connectivity index (χ0v) is 12.3. The number of aliphatic hydroxyl groups is 1. The molecule has 0 radical (unpaired) electrons. The first-order valence-electron chi connectivity index (χ1n) is 6.57. The van der Waals surface area contributed by atoms with Gasteiger partial charge in [-0.2, -0.15) is 0 Å². The average molecular weight is 303 g/mol. The minimum absolute atomic E-state index is 0.0270. The van der Waals surface area contributed by atoms with Crippen LogP contribution in [-0.4, -0.2) is 42.3 Å². The number of carbonyl (C=O) groups is 1. The third-order valence-corrected chi connectivity index (χ3v) is 4.63. The van der Waals surface area contributed by atoms with Crippen LogP contribution < -0.4 is 5.32 Å². The number of carbonyl (C=O) groups excluding carboxylic acids is 1. The molecule has 19 heavy (non-hydrogen) atoms. The standard InChI is InChI=1S/C13H19ClN2O2S/c14-12-4-3-11(19-12)5-6-15-13(18)16-7-1-2-10(8-16)9-17/h3-4,10,17H,1-2,5-9H2,(H,15,18). The van der Waals surface area contributed by atoms with Crippen LogP contribution in [0.2, 0.25) is 4.34 Å². The van der Waals surface area contributed by atoms with E-state index in [9.17, 15) is 4.79 Å². The van der Waals surface area contributed by atoms with Crippen molar-refractivity contribution in [1.29, 1.82) is 0 Å². The van der Waals surface area contributed by atoms with Crippen LogP contribution in [-0.2, 0) is 6.42 Å². The number of likely N-dealkylation sites (tertiary alicyclic amines) is 1. The van der Waals surface area contributed by atoms with E-state index < -0.39 is 0 Å². The van der Waals surface area contributed by atoms with Gasteiger partial charge in [-0.25, -0.2) is 4.79 Å². The number of piperidine rings is 1. The molecule has 1 aliphatic heterocycles. The van der Waals surface area contributed by atoms with E-state index in [1.807, 2.05) is 12.1 Å². The molecule has 0 bridgehead atoms. The molecule has 0 saturated carbocycles. The first-order valence-corrected chi connectivity index (χ1v) is 7.76. The highest BCUT2D eigenvalue weighted by atomic mass is 35.5. The number of nitrogens with zero attached hydrogens (tertiary/aromatic N) is 1. The van der Waals surface area contributed by atoms with Gasteiger partial charge in [-0.1, -0.05) is 11.6 Å². The summed E-state index contributed by atoms with van der Waals surface area (Å²) in [7, 11) is 0. The van der Waals surface area contributed by atoms with Crippen LogP contribution in [0.5, 0.6) is 0 Å². The molecule has 0 aromatic carbocycles. The van der Waals surface area contributed by atoms with Crippen LogP contribution in [0.15, 0.2) is 12.1 Å². The lowest BCUT2D eigenvalue weighted by atomic mass is 9.99. The van der Waals surface area contributed by atoms with Gasteiger partial charge in [0.15, 0.2) is 0 Å². The molecule has 1 unspecified atom stereocenters. The Bertz CT molecular complexity index is 425. The highest BCUT2D eigenvalue weighted by Gasteiger charge is 2.22. The van der Waals surface area contributed by atoms with Gasteiger partial charge in [-0.05, 0) is 37.3 Å². The summed E-state index contributed by atoms with van der Waals surface area (Å²) in [5.41, 5.74) is 0. The molecular formula is C13H19ClN2O2S. The molecule has 106 valence electrons. The van der Waals surface area contributed by atoms with Crippen molar-refractivity contribution in [2.45, 2.75) is 19.3 Å². The normalized spacial score (nSPS) is 19.5. The number of aliphatic hydroxyl groups excluding tert-OH is 1. The van der Waals surface area contributed by atoms with Crippen LogP contribution in [0.25, 0.3) is 0 Å². The molecule has 2 heterocycles. The fourth-order valence-corrected chi connectivity index (χ4v) is 3.38. The maximum absolute atomic E-state index is 12.0. The zero-order chi connectivity index (χ0) is 13.7. The molecule has 4 nitrogen and oxygen atoms in total. The summed E-state index contributed by atoms with van der Waals surface area (Å²) in [6.45, 7) is 2.23. The van der Waals surface area contributed by atoms with E-state index in [-0.39, 0.29) is 18.6 Å². The van der Waals surface area contributed by atoms with E-state index in [4.69, 9.17) is 16.7 Å². The van der Waals surface area contributed by atoms with Crippen LogP contribution in [0, 0.1) is 5.92 Å².